The lowest BCUT2D eigenvalue weighted by atomic mass is 10.0. The van der Waals surface area contributed by atoms with E-state index in [-0.39, 0.29) is 23.7 Å². The van der Waals surface area contributed by atoms with Gasteiger partial charge in [-0.25, -0.2) is 9.97 Å². The maximum Gasteiger partial charge on any atom is 0.189 e. The second-order valence-corrected chi connectivity index (χ2v) is 6.52. The number of halogens is 1. The molecule has 5 nitrogen and oxygen atoms in total. The van der Waals surface area contributed by atoms with E-state index in [1.807, 2.05) is 18.2 Å². The molecule has 23 heavy (non-hydrogen) atoms. The highest BCUT2D eigenvalue weighted by molar-refractivity contribution is 9.10. The SMILES string of the molecule is Nc1ncc(Br)nc1C(=O)Cc1ccccc1N1CCCCC1. The highest BCUT2D eigenvalue weighted by Gasteiger charge is 2.19. The molecule has 0 unspecified atom stereocenters. The van der Waals surface area contributed by atoms with Crippen LogP contribution in [0.5, 0.6) is 0 Å². The van der Waals surface area contributed by atoms with Gasteiger partial charge in [0, 0.05) is 25.2 Å². The molecule has 0 saturated carbocycles. The van der Waals surface area contributed by atoms with Crippen molar-refractivity contribution in [1.29, 1.82) is 0 Å². The average molecular weight is 375 g/mol. The first kappa shape index (κ1) is 15.9. The summed E-state index contributed by atoms with van der Waals surface area (Å²) in [4.78, 5) is 23.1. The molecule has 1 fully saturated rings. The Hall–Kier alpha value is -1.95. The largest absolute Gasteiger partial charge is 0.382 e. The highest BCUT2D eigenvalue weighted by Crippen LogP contribution is 2.25. The predicted octanol–water partition coefficient (Wildman–Crippen LogP) is 3.24. The minimum absolute atomic E-state index is 0.110. The topological polar surface area (TPSA) is 72.1 Å². The summed E-state index contributed by atoms with van der Waals surface area (Å²) in [5.74, 6) is 0.0643. The number of nitrogens with zero attached hydrogens (tertiary/aromatic N) is 3. The Morgan fingerprint density at radius 1 is 1.22 bits per heavy atom. The minimum atomic E-state index is -0.110. The van der Waals surface area contributed by atoms with E-state index in [0.717, 1.165) is 24.3 Å². The molecular formula is C17H19BrN4O. The fourth-order valence-corrected chi connectivity index (χ4v) is 3.22. The molecule has 0 radical (unpaired) electrons. The van der Waals surface area contributed by atoms with E-state index in [2.05, 4.69) is 36.9 Å². The van der Waals surface area contributed by atoms with Gasteiger partial charge < -0.3 is 10.6 Å². The van der Waals surface area contributed by atoms with Crippen LogP contribution in [-0.4, -0.2) is 28.8 Å². The molecule has 0 atom stereocenters. The zero-order valence-corrected chi connectivity index (χ0v) is 14.4. The fourth-order valence-electron chi connectivity index (χ4n) is 2.94. The molecule has 0 spiro atoms. The number of carbonyl (C=O) groups excluding carboxylic acids is 1. The van der Waals surface area contributed by atoms with Gasteiger partial charge >= 0.3 is 0 Å². The third-order valence-electron chi connectivity index (χ3n) is 4.07. The Kier molecular flexibility index (Phi) is 4.91. The summed E-state index contributed by atoms with van der Waals surface area (Å²) in [6.45, 7) is 2.09. The van der Waals surface area contributed by atoms with Crippen LogP contribution in [0.4, 0.5) is 11.5 Å². The number of ketones is 1. The Morgan fingerprint density at radius 3 is 2.74 bits per heavy atom. The standard InChI is InChI=1S/C17H19BrN4O/c18-15-11-20-17(19)16(21-15)14(23)10-12-6-2-3-7-13(12)22-8-4-1-5-9-22/h2-3,6-7,11H,1,4-5,8-10H2,(H2,19,20). The van der Waals surface area contributed by atoms with E-state index < -0.39 is 0 Å². The molecule has 1 aromatic carbocycles. The first-order chi connectivity index (χ1) is 11.1. The molecule has 1 aliphatic rings. The van der Waals surface area contributed by atoms with E-state index in [1.165, 1.54) is 25.5 Å². The molecule has 0 aliphatic carbocycles. The summed E-state index contributed by atoms with van der Waals surface area (Å²) in [7, 11) is 0. The van der Waals surface area contributed by atoms with Crippen molar-refractivity contribution < 1.29 is 4.79 Å². The Morgan fingerprint density at radius 2 is 1.96 bits per heavy atom. The zero-order valence-electron chi connectivity index (χ0n) is 12.8. The number of aromatic nitrogens is 2. The summed E-state index contributed by atoms with van der Waals surface area (Å²) in [6.07, 6.45) is 5.45. The van der Waals surface area contributed by atoms with E-state index in [4.69, 9.17) is 5.73 Å². The predicted molar refractivity (Wildman–Crippen MR) is 94.7 cm³/mol. The molecule has 6 heteroatoms. The summed E-state index contributed by atoms with van der Waals surface area (Å²) in [5.41, 5.74) is 8.18. The number of hydrogen-bond acceptors (Lipinski definition) is 5. The average Bonchev–Trinajstić information content (AvgIpc) is 2.58. The summed E-state index contributed by atoms with van der Waals surface area (Å²) < 4.78 is 0.513. The third-order valence-corrected chi connectivity index (χ3v) is 4.46. The second-order valence-electron chi connectivity index (χ2n) is 5.70. The molecule has 3 rings (SSSR count). The number of nitrogens with two attached hydrogens (primary N) is 1. The van der Waals surface area contributed by atoms with Crippen molar-refractivity contribution >= 4 is 33.2 Å². The molecule has 120 valence electrons. The van der Waals surface area contributed by atoms with Gasteiger partial charge in [0.1, 0.15) is 10.3 Å². The van der Waals surface area contributed by atoms with Gasteiger partial charge in [-0.2, -0.15) is 0 Å². The molecule has 2 N–H and O–H groups in total. The molecule has 1 saturated heterocycles. The van der Waals surface area contributed by atoms with Gasteiger partial charge in [0.25, 0.3) is 0 Å². The lowest BCUT2D eigenvalue weighted by molar-refractivity contribution is 0.0988. The first-order valence-corrected chi connectivity index (χ1v) is 8.58. The maximum absolute atomic E-state index is 12.6. The van der Waals surface area contributed by atoms with Crippen LogP contribution in [0.25, 0.3) is 0 Å². The van der Waals surface area contributed by atoms with Crippen molar-refractivity contribution in [2.75, 3.05) is 23.7 Å². The van der Waals surface area contributed by atoms with Gasteiger partial charge in [-0.3, -0.25) is 4.79 Å². The summed E-state index contributed by atoms with van der Waals surface area (Å²) in [5, 5.41) is 0. The van der Waals surface area contributed by atoms with Crippen LogP contribution in [0.15, 0.2) is 35.1 Å². The van der Waals surface area contributed by atoms with E-state index >= 15 is 0 Å². The van der Waals surface area contributed by atoms with Crippen LogP contribution >= 0.6 is 15.9 Å². The molecule has 2 heterocycles. The van der Waals surface area contributed by atoms with Crippen LogP contribution in [-0.2, 0) is 6.42 Å². The minimum Gasteiger partial charge on any atom is -0.382 e. The van der Waals surface area contributed by atoms with Gasteiger partial charge in [0.15, 0.2) is 11.6 Å². The second kappa shape index (κ2) is 7.08. The van der Waals surface area contributed by atoms with Crippen molar-refractivity contribution in [3.63, 3.8) is 0 Å². The van der Waals surface area contributed by atoms with E-state index in [9.17, 15) is 4.79 Å². The smallest absolute Gasteiger partial charge is 0.189 e. The van der Waals surface area contributed by atoms with E-state index in [1.54, 1.807) is 0 Å². The molecule has 0 bridgehead atoms. The number of carbonyl (C=O) groups is 1. The van der Waals surface area contributed by atoms with Gasteiger partial charge in [-0.1, -0.05) is 18.2 Å². The quantitative estimate of drug-likeness (QED) is 0.831. The maximum atomic E-state index is 12.6. The third kappa shape index (κ3) is 3.69. The van der Waals surface area contributed by atoms with Crippen molar-refractivity contribution in [3.8, 4) is 0 Å². The zero-order chi connectivity index (χ0) is 16.2. The lowest BCUT2D eigenvalue weighted by Gasteiger charge is -2.30. The van der Waals surface area contributed by atoms with Crippen LogP contribution in [0.3, 0.4) is 0 Å². The van der Waals surface area contributed by atoms with Crippen LogP contribution in [0, 0.1) is 0 Å². The number of piperidine rings is 1. The molecule has 1 aliphatic heterocycles. The van der Waals surface area contributed by atoms with Gasteiger partial charge in [0.05, 0.1) is 6.20 Å². The van der Waals surface area contributed by atoms with Crippen LogP contribution in [0.1, 0.15) is 35.3 Å². The Bertz CT molecular complexity index is 713. The summed E-state index contributed by atoms with van der Waals surface area (Å²) in [6, 6.07) is 8.07. The Labute approximate surface area is 144 Å². The van der Waals surface area contributed by atoms with Gasteiger partial charge in [0.2, 0.25) is 0 Å². The van der Waals surface area contributed by atoms with Crippen molar-refractivity contribution in [2.45, 2.75) is 25.7 Å². The normalized spacial score (nSPS) is 14.7. The van der Waals surface area contributed by atoms with Gasteiger partial charge in [-0.15, -0.1) is 0 Å². The Balaban J connectivity index is 1.85. The van der Waals surface area contributed by atoms with Crippen molar-refractivity contribution in [1.82, 2.24) is 9.97 Å². The number of rotatable bonds is 4. The molecular weight excluding hydrogens is 356 g/mol. The fraction of sp³-hybridized carbons (Fsp3) is 0.353. The van der Waals surface area contributed by atoms with Gasteiger partial charge in [-0.05, 0) is 46.8 Å². The van der Waals surface area contributed by atoms with Crippen LogP contribution in [0.2, 0.25) is 0 Å². The molecule has 2 aromatic rings. The summed E-state index contributed by atoms with van der Waals surface area (Å²) >= 11 is 3.24. The number of para-hydroxylation sites is 1. The number of benzene rings is 1. The number of Topliss-reactive ketones (excluding diaryl/α,β-unsaturated/α-hetero) is 1. The van der Waals surface area contributed by atoms with Crippen LogP contribution < -0.4 is 10.6 Å². The lowest BCUT2D eigenvalue weighted by Crippen LogP contribution is -2.30. The highest BCUT2D eigenvalue weighted by atomic mass is 79.9. The van der Waals surface area contributed by atoms with E-state index in [0.29, 0.717) is 4.60 Å². The number of nitrogen functional groups attached to an aromatic ring is 1. The number of hydrogen-bond donors (Lipinski definition) is 1. The molecule has 0 amide bonds. The monoisotopic (exact) mass is 374 g/mol. The first-order valence-electron chi connectivity index (χ1n) is 7.79. The van der Waals surface area contributed by atoms with Crippen molar-refractivity contribution in [2.24, 2.45) is 0 Å². The molecule has 1 aromatic heterocycles. The van der Waals surface area contributed by atoms with Crippen molar-refractivity contribution in [3.05, 3.63) is 46.3 Å². The number of anilines is 2.